The summed E-state index contributed by atoms with van der Waals surface area (Å²) in [6.45, 7) is 3.79. The van der Waals surface area contributed by atoms with E-state index < -0.39 is 6.04 Å². The van der Waals surface area contributed by atoms with Gasteiger partial charge in [-0.15, -0.1) is 0 Å². The molecule has 0 bridgehead atoms. The SMILES string of the molecule is CC(C)C(C(=O)Nc1cccc(Cl)c1)n1cnc2ccccc2c1=O. The zero-order valence-electron chi connectivity index (χ0n) is 13.9. The lowest BCUT2D eigenvalue weighted by molar-refractivity contribution is -0.120. The molecule has 1 unspecified atom stereocenters. The minimum Gasteiger partial charge on any atom is -0.324 e. The van der Waals surface area contributed by atoms with Crippen LogP contribution >= 0.6 is 11.6 Å². The summed E-state index contributed by atoms with van der Waals surface area (Å²) in [7, 11) is 0. The number of amides is 1. The van der Waals surface area contributed by atoms with Gasteiger partial charge >= 0.3 is 0 Å². The second-order valence-electron chi connectivity index (χ2n) is 6.16. The van der Waals surface area contributed by atoms with E-state index in [9.17, 15) is 9.59 Å². The molecule has 3 aromatic rings. The maximum Gasteiger partial charge on any atom is 0.261 e. The first-order valence-electron chi connectivity index (χ1n) is 7.99. The summed E-state index contributed by atoms with van der Waals surface area (Å²) >= 11 is 5.96. The van der Waals surface area contributed by atoms with Gasteiger partial charge in [-0.25, -0.2) is 4.98 Å². The van der Waals surface area contributed by atoms with Crippen molar-refractivity contribution in [2.45, 2.75) is 19.9 Å². The Labute approximate surface area is 150 Å². The van der Waals surface area contributed by atoms with E-state index in [1.807, 2.05) is 19.9 Å². The summed E-state index contributed by atoms with van der Waals surface area (Å²) in [5.74, 6) is -0.378. The van der Waals surface area contributed by atoms with Crippen LogP contribution in [0.2, 0.25) is 5.02 Å². The van der Waals surface area contributed by atoms with Crippen LogP contribution in [-0.2, 0) is 4.79 Å². The zero-order valence-corrected chi connectivity index (χ0v) is 14.7. The number of para-hydroxylation sites is 1. The second kappa shape index (κ2) is 7.07. The Morgan fingerprint density at radius 1 is 1.16 bits per heavy atom. The van der Waals surface area contributed by atoms with E-state index in [4.69, 9.17) is 11.6 Å². The van der Waals surface area contributed by atoms with Crippen LogP contribution in [0, 0.1) is 5.92 Å². The van der Waals surface area contributed by atoms with Crippen molar-refractivity contribution in [3.05, 3.63) is 70.2 Å². The van der Waals surface area contributed by atoms with E-state index in [1.54, 1.807) is 42.5 Å². The lowest BCUT2D eigenvalue weighted by atomic mass is 10.0. The Morgan fingerprint density at radius 3 is 2.64 bits per heavy atom. The second-order valence-corrected chi connectivity index (χ2v) is 6.60. The molecule has 1 N–H and O–H groups in total. The summed E-state index contributed by atoms with van der Waals surface area (Å²) in [6.07, 6.45) is 1.44. The normalized spacial score (nSPS) is 12.3. The van der Waals surface area contributed by atoms with Crippen LogP contribution in [0.15, 0.2) is 59.7 Å². The van der Waals surface area contributed by atoms with Crippen LogP contribution < -0.4 is 10.9 Å². The highest BCUT2D eigenvalue weighted by Gasteiger charge is 2.26. The fraction of sp³-hybridized carbons (Fsp3) is 0.211. The quantitative estimate of drug-likeness (QED) is 0.772. The molecule has 5 nitrogen and oxygen atoms in total. The monoisotopic (exact) mass is 355 g/mol. The molecule has 25 heavy (non-hydrogen) atoms. The number of aromatic nitrogens is 2. The average Bonchev–Trinajstić information content (AvgIpc) is 2.57. The van der Waals surface area contributed by atoms with E-state index in [0.717, 1.165) is 0 Å². The molecule has 128 valence electrons. The molecule has 1 amide bonds. The number of anilines is 1. The fourth-order valence-electron chi connectivity index (χ4n) is 2.81. The van der Waals surface area contributed by atoms with Gasteiger partial charge in [-0.3, -0.25) is 14.2 Å². The summed E-state index contributed by atoms with van der Waals surface area (Å²) in [6, 6.07) is 13.3. The van der Waals surface area contributed by atoms with E-state index in [-0.39, 0.29) is 17.4 Å². The van der Waals surface area contributed by atoms with Crippen LogP contribution in [0.3, 0.4) is 0 Å². The molecule has 2 aromatic carbocycles. The van der Waals surface area contributed by atoms with Crippen LogP contribution in [0.4, 0.5) is 5.69 Å². The van der Waals surface area contributed by atoms with Crippen LogP contribution in [0.25, 0.3) is 10.9 Å². The van der Waals surface area contributed by atoms with Crippen LogP contribution in [-0.4, -0.2) is 15.5 Å². The molecule has 1 heterocycles. The highest BCUT2D eigenvalue weighted by Crippen LogP contribution is 2.21. The maximum atomic E-state index is 12.8. The van der Waals surface area contributed by atoms with E-state index in [1.165, 1.54) is 10.9 Å². The summed E-state index contributed by atoms with van der Waals surface area (Å²) in [5.41, 5.74) is 0.969. The molecule has 3 rings (SSSR count). The largest absolute Gasteiger partial charge is 0.324 e. The number of halogens is 1. The third-order valence-corrected chi connectivity index (χ3v) is 4.22. The smallest absolute Gasteiger partial charge is 0.261 e. The molecule has 0 radical (unpaired) electrons. The maximum absolute atomic E-state index is 12.8. The van der Waals surface area contributed by atoms with E-state index in [2.05, 4.69) is 10.3 Å². The lowest BCUT2D eigenvalue weighted by Gasteiger charge is -2.22. The Balaban J connectivity index is 2.00. The molecule has 0 spiro atoms. The number of fused-ring (bicyclic) bond motifs is 1. The number of carbonyl (C=O) groups is 1. The molecule has 1 atom stereocenters. The third kappa shape index (κ3) is 3.56. The number of nitrogens with zero attached hydrogens (tertiary/aromatic N) is 2. The third-order valence-electron chi connectivity index (χ3n) is 3.98. The molecular weight excluding hydrogens is 338 g/mol. The van der Waals surface area contributed by atoms with E-state index in [0.29, 0.717) is 21.6 Å². The van der Waals surface area contributed by atoms with Crippen molar-refractivity contribution < 1.29 is 4.79 Å². The number of hydrogen-bond donors (Lipinski definition) is 1. The standard InChI is InChI=1S/C19H18ClN3O2/c1-12(2)17(18(24)22-14-7-5-6-13(20)10-14)23-11-21-16-9-4-3-8-15(16)19(23)25/h3-12,17H,1-2H3,(H,22,24). The average molecular weight is 356 g/mol. The molecule has 6 heteroatoms. The number of nitrogens with one attached hydrogen (secondary N) is 1. The molecule has 0 aliphatic rings. The zero-order chi connectivity index (χ0) is 18.0. The van der Waals surface area contributed by atoms with Gasteiger partial charge in [0.05, 0.1) is 17.2 Å². The van der Waals surface area contributed by atoms with Gasteiger partial charge in [0.2, 0.25) is 5.91 Å². The first-order chi connectivity index (χ1) is 12.0. The van der Waals surface area contributed by atoms with Gasteiger partial charge in [0.15, 0.2) is 0 Å². The Kier molecular flexibility index (Phi) is 4.86. The van der Waals surface area contributed by atoms with Crippen LogP contribution in [0.1, 0.15) is 19.9 Å². The summed E-state index contributed by atoms with van der Waals surface area (Å²) in [4.78, 5) is 29.9. The minimum atomic E-state index is -0.677. The van der Waals surface area contributed by atoms with Gasteiger partial charge in [0.25, 0.3) is 5.56 Å². The number of rotatable bonds is 4. The molecular formula is C19H18ClN3O2. The highest BCUT2D eigenvalue weighted by molar-refractivity contribution is 6.30. The Hall–Kier alpha value is -2.66. The van der Waals surface area contributed by atoms with Crippen LogP contribution in [0.5, 0.6) is 0 Å². The molecule has 1 aromatic heterocycles. The fourth-order valence-corrected chi connectivity index (χ4v) is 3.00. The molecule has 0 fully saturated rings. The van der Waals surface area contributed by atoms with Crippen molar-refractivity contribution in [1.82, 2.24) is 9.55 Å². The van der Waals surface area contributed by atoms with Crippen molar-refractivity contribution in [3.8, 4) is 0 Å². The molecule has 0 saturated heterocycles. The topological polar surface area (TPSA) is 64.0 Å². The lowest BCUT2D eigenvalue weighted by Crippen LogP contribution is -2.36. The van der Waals surface area contributed by atoms with Crippen molar-refractivity contribution in [1.29, 1.82) is 0 Å². The Morgan fingerprint density at radius 2 is 1.92 bits per heavy atom. The molecule has 0 aliphatic carbocycles. The highest BCUT2D eigenvalue weighted by atomic mass is 35.5. The molecule has 0 saturated carbocycles. The van der Waals surface area contributed by atoms with Gasteiger partial charge < -0.3 is 5.32 Å². The Bertz CT molecular complexity index is 982. The van der Waals surface area contributed by atoms with Crippen molar-refractivity contribution in [2.75, 3.05) is 5.32 Å². The van der Waals surface area contributed by atoms with Crippen molar-refractivity contribution >= 4 is 34.1 Å². The first kappa shape index (κ1) is 17.2. The van der Waals surface area contributed by atoms with E-state index >= 15 is 0 Å². The van der Waals surface area contributed by atoms with Gasteiger partial charge in [0.1, 0.15) is 6.04 Å². The number of carbonyl (C=O) groups excluding carboxylic acids is 1. The predicted octanol–water partition coefficient (Wildman–Crippen LogP) is 3.89. The van der Waals surface area contributed by atoms with Crippen molar-refractivity contribution in [2.24, 2.45) is 5.92 Å². The number of benzene rings is 2. The predicted molar refractivity (Wildman–Crippen MR) is 100.0 cm³/mol. The summed E-state index contributed by atoms with van der Waals surface area (Å²) < 4.78 is 1.40. The van der Waals surface area contributed by atoms with Gasteiger partial charge in [-0.2, -0.15) is 0 Å². The summed E-state index contributed by atoms with van der Waals surface area (Å²) in [5, 5.41) is 3.85. The van der Waals surface area contributed by atoms with Crippen molar-refractivity contribution in [3.63, 3.8) is 0 Å². The van der Waals surface area contributed by atoms with Gasteiger partial charge in [-0.05, 0) is 36.2 Å². The van der Waals surface area contributed by atoms with Gasteiger partial charge in [0, 0.05) is 10.7 Å². The molecule has 0 aliphatic heterocycles. The minimum absolute atomic E-state index is 0.0974. The first-order valence-corrected chi connectivity index (χ1v) is 8.37. The van der Waals surface area contributed by atoms with Gasteiger partial charge in [-0.1, -0.05) is 43.6 Å². The number of hydrogen-bond acceptors (Lipinski definition) is 3.